The molecule has 1 amide bonds. The quantitative estimate of drug-likeness (QED) is 0.737. The number of nitrogens with two attached hydrogens (primary N) is 1. The zero-order valence-electron chi connectivity index (χ0n) is 14.7. The first-order chi connectivity index (χ1) is 12.6. The van der Waals surface area contributed by atoms with Crippen LogP contribution in [0.1, 0.15) is 28.8 Å². The average Bonchev–Trinajstić information content (AvgIpc) is 3.19. The number of piperidine rings is 1. The van der Waals surface area contributed by atoms with E-state index in [1.54, 1.807) is 12.1 Å². The number of nitrogens with zero attached hydrogens (tertiary/aromatic N) is 1. The number of hydrogen-bond acceptors (Lipinski definition) is 3. The average molecular weight is 414 g/mol. The van der Waals surface area contributed by atoms with Gasteiger partial charge in [-0.25, -0.2) is 0 Å². The first-order valence-electron chi connectivity index (χ1n) is 9.24. The third kappa shape index (κ3) is 3.51. The van der Waals surface area contributed by atoms with Gasteiger partial charge in [0, 0.05) is 28.8 Å². The molecule has 0 radical (unpaired) electrons. The van der Waals surface area contributed by atoms with E-state index in [1.165, 1.54) is 18.4 Å². The SMILES string of the molecule is Nc1ccc(Br)cc1C(=O)NCC1C2CCN1C(Cc1ccccc1)C2. The molecule has 5 heteroatoms. The molecular formula is C21H24BrN3O. The minimum absolute atomic E-state index is 0.0871. The second kappa shape index (κ2) is 7.41. The van der Waals surface area contributed by atoms with Crippen molar-refractivity contribution in [2.75, 3.05) is 18.8 Å². The molecule has 3 N–H and O–H groups in total. The van der Waals surface area contributed by atoms with E-state index in [0.29, 0.717) is 35.8 Å². The summed E-state index contributed by atoms with van der Waals surface area (Å²) in [6, 6.07) is 17.1. The van der Waals surface area contributed by atoms with Crippen molar-refractivity contribution in [2.24, 2.45) is 5.92 Å². The van der Waals surface area contributed by atoms with Crippen LogP contribution in [0.5, 0.6) is 0 Å². The van der Waals surface area contributed by atoms with E-state index in [0.717, 1.165) is 17.4 Å². The normalized spacial score (nSPS) is 26.8. The van der Waals surface area contributed by atoms with Crippen LogP contribution >= 0.6 is 15.9 Å². The highest BCUT2D eigenvalue weighted by Crippen LogP contribution is 2.39. The highest BCUT2D eigenvalue weighted by molar-refractivity contribution is 9.10. The summed E-state index contributed by atoms with van der Waals surface area (Å²) in [6.45, 7) is 1.84. The third-order valence-corrected chi connectivity index (χ3v) is 6.31. The molecule has 2 bridgehead atoms. The van der Waals surface area contributed by atoms with Gasteiger partial charge in [0.25, 0.3) is 5.91 Å². The fraction of sp³-hybridized carbons (Fsp3) is 0.381. The Morgan fingerprint density at radius 3 is 2.85 bits per heavy atom. The lowest BCUT2D eigenvalue weighted by Gasteiger charge is -2.27. The molecular weight excluding hydrogens is 390 g/mol. The molecule has 2 heterocycles. The predicted molar refractivity (Wildman–Crippen MR) is 108 cm³/mol. The molecule has 26 heavy (non-hydrogen) atoms. The van der Waals surface area contributed by atoms with Gasteiger partial charge in [0.2, 0.25) is 0 Å². The standard InChI is InChI=1S/C21H24BrN3O/c22-16-6-7-19(23)18(12-16)21(26)24-13-20-15-8-9-25(20)17(11-15)10-14-4-2-1-3-5-14/h1-7,12,15,17,20H,8-11,13,23H2,(H,24,26). The number of hydrogen-bond donors (Lipinski definition) is 2. The molecule has 2 aliphatic heterocycles. The number of halogens is 1. The second-order valence-electron chi connectivity index (χ2n) is 7.37. The smallest absolute Gasteiger partial charge is 0.253 e. The number of amides is 1. The summed E-state index contributed by atoms with van der Waals surface area (Å²) in [7, 11) is 0. The fourth-order valence-electron chi connectivity index (χ4n) is 4.55. The minimum atomic E-state index is -0.0871. The Labute approximate surface area is 162 Å². The molecule has 2 aromatic carbocycles. The molecule has 2 saturated heterocycles. The lowest BCUT2D eigenvalue weighted by Crippen LogP contribution is -2.42. The van der Waals surface area contributed by atoms with E-state index in [4.69, 9.17) is 5.73 Å². The Morgan fingerprint density at radius 1 is 1.23 bits per heavy atom. The largest absolute Gasteiger partial charge is 0.398 e. The highest BCUT2D eigenvalue weighted by Gasteiger charge is 2.45. The second-order valence-corrected chi connectivity index (χ2v) is 8.29. The van der Waals surface area contributed by atoms with Gasteiger partial charge in [-0.3, -0.25) is 9.69 Å². The van der Waals surface area contributed by atoms with Crippen LogP contribution in [0.2, 0.25) is 0 Å². The van der Waals surface area contributed by atoms with E-state index >= 15 is 0 Å². The lowest BCUT2D eigenvalue weighted by atomic mass is 9.93. The molecule has 0 spiro atoms. The molecule has 4 rings (SSSR count). The van der Waals surface area contributed by atoms with Gasteiger partial charge in [0.05, 0.1) is 5.56 Å². The van der Waals surface area contributed by atoms with Gasteiger partial charge in [-0.2, -0.15) is 0 Å². The van der Waals surface area contributed by atoms with Crippen molar-refractivity contribution in [3.8, 4) is 0 Å². The van der Waals surface area contributed by atoms with Crippen molar-refractivity contribution >= 4 is 27.5 Å². The van der Waals surface area contributed by atoms with Gasteiger partial charge in [-0.05, 0) is 55.5 Å². The van der Waals surface area contributed by atoms with E-state index in [2.05, 4.69) is 56.5 Å². The first-order valence-corrected chi connectivity index (χ1v) is 10.0. The first kappa shape index (κ1) is 17.6. The number of rotatable bonds is 5. The molecule has 4 nitrogen and oxygen atoms in total. The summed E-state index contributed by atoms with van der Waals surface area (Å²) >= 11 is 3.41. The monoisotopic (exact) mass is 413 g/mol. The van der Waals surface area contributed by atoms with Crippen molar-refractivity contribution in [1.29, 1.82) is 0 Å². The maximum atomic E-state index is 12.6. The summed E-state index contributed by atoms with van der Waals surface area (Å²) in [4.78, 5) is 15.1. The van der Waals surface area contributed by atoms with Crippen LogP contribution in [0, 0.1) is 5.92 Å². The summed E-state index contributed by atoms with van der Waals surface area (Å²) in [5.74, 6) is 0.597. The number of benzene rings is 2. The van der Waals surface area contributed by atoms with Crippen LogP contribution < -0.4 is 11.1 Å². The van der Waals surface area contributed by atoms with Gasteiger partial charge in [-0.15, -0.1) is 0 Å². The molecule has 0 aromatic heterocycles. The van der Waals surface area contributed by atoms with Gasteiger partial charge in [-0.1, -0.05) is 46.3 Å². The van der Waals surface area contributed by atoms with Gasteiger partial charge >= 0.3 is 0 Å². The zero-order valence-corrected chi connectivity index (χ0v) is 16.3. The molecule has 2 aliphatic rings. The highest BCUT2D eigenvalue weighted by atomic mass is 79.9. The number of nitrogens with one attached hydrogen (secondary N) is 1. The van der Waals surface area contributed by atoms with Crippen molar-refractivity contribution in [2.45, 2.75) is 31.3 Å². The van der Waals surface area contributed by atoms with Crippen molar-refractivity contribution in [1.82, 2.24) is 10.2 Å². The molecule has 4 unspecified atom stereocenters. The molecule has 2 fully saturated rings. The molecule has 2 aromatic rings. The summed E-state index contributed by atoms with van der Waals surface area (Å²) in [5, 5.41) is 3.11. The van der Waals surface area contributed by atoms with Gasteiger partial charge in [0.15, 0.2) is 0 Å². The summed E-state index contributed by atoms with van der Waals surface area (Å²) < 4.78 is 0.865. The van der Waals surface area contributed by atoms with Crippen LogP contribution in [-0.2, 0) is 6.42 Å². The molecule has 136 valence electrons. The number of nitrogen functional groups attached to an aromatic ring is 1. The van der Waals surface area contributed by atoms with Gasteiger partial charge < -0.3 is 11.1 Å². The van der Waals surface area contributed by atoms with E-state index in [1.807, 2.05) is 6.07 Å². The van der Waals surface area contributed by atoms with Crippen molar-refractivity contribution in [3.63, 3.8) is 0 Å². The predicted octanol–water partition coefficient (Wildman–Crippen LogP) is 3.47. The number of carbonyl (C=O) groups excluding carboxylic acids is 1. The van der Waals surface area contributed by atoms with Gasteiger partial charge in [0.1, 0.15) is 0 Å². The van der Waals surface area contributed by atoms with Crippen LogP contribution in [0.15, 0.2) is 53.0 Å². The summed E-state index contributed by atoms with van der Waals surface area (Å²) in [5.41, 5.74) is 8.41. The Morgan fingerprint density at radius 2 is 2.04 bits per heavy atom. The van der Waals surface area contributed by atoms with Crippen LogP contribution in [-0.4, -0.2) is 36.0 Å². The topological polar surface area (TPSA) is 58.4 Å². The molecule has 0 saturated carbocycles. The Kier molecular flexibility index (Phi) is 5.00. The van der Waals surface area contributed by atoms with E-state index < -0.39 is 0 Å². The maximum absolute atomic E-state index is 12.6. The Bertz CT molecular complexity index is 795. The lowest BCUT2D eigenvalue weighted by molar-refractivity contribution is 0.0940. The number of carbonyl (C=O) groups is 1. The zero-order chi connectivity index (χ0) is 18.1. The number of anilines is 1. The number of fused-ring (bicyclic) bond motifs is 2. The van der Waals surface area contributed by atoms with Crippen LogP contribution in [0.4, 0.5) is 5.69 Å². The Balaban J connectivity index is 1.38. The molecule has 4 atom stereocenters. The third-order valence-electron chi connectivity index (χ3n) is 5.82. The Hall–Kier alpha value is -1.85. The van der Waals surface area contributed by atoms with Crippen LogP contribution in [0.25, 0.3) is 0 Å². The maximum Gasteiger partial charge on any atom is 0.253 e. The summed E-state index contributed by atoms with van der Waals surface area (Å²) in [6.07, 6.45) is 3.57. The fourth-order valence-corrected chi connectivity index (χ4v) is 4.91. The molecule has 0 aliphatic carbocycles. The van der Waals surface area contributed by atoms with Crippen LogP contribution in [0.3, 0.4) is 0 Å². The minimum Gasteiger partial charge on any atom is -0.398 e. The van der Waals surface area contributed by atoms with Crippen molar-refractivity contribution < 1.29 is 4.79 Å². The van der Waals surface area contributed by atoms with E-state index in [-0.39, 0.29) is 5.91 Å². The van der Waals surface area contributed by atoms with Crippen molar-refractivity contribution in [3.05, 3.63) is 64.1 Å². The van der Waals surface area contributed by atoms with E-state index in [9.17, 15) is 4.79 Å².